The van der Waals surface area contributed by atoms with E-state index in [1.54, 1.807) is 0 Å². The van der Waals surface area contributed by atoms with Crippen LogP contribution in [0.3, 0.4) is 0 Å². The number of hydrogen-bond acceptors (Lipinski definition) is 4. The molecule has 0 saturated heterocycles. The summed E-state index contributed by atoms with van der Waals surface area (Å²) in [6.07, 6.45) is -0.0442. The van der Waals surface area contributed by atoms with Crippen molar-refractivity contribution in [2.75, 3.05) is 5.32 Å². The molecule has 6 nitrogen and oxygen atoms in total. The molecule has 2 heterocycles. The van der Waals surface area contributed by atoms with E-state index < -0.39 is 0 Å². The Morgan fingerprint density at radius 3 is 2.85 bits per heavy atom. The Bertz CT molecular complexity index is 983. The topological polar surface area (TPSA) is 76.2 Å². The SMILES string of the molecule is CC(C)C1Oc2ccc(CC(=O)Nc3n[nH]c4cc(Br)ccc34)cc2O1. The van der Waals surface area contributed by atoms with Crippen LogP contribution in [0.4, 0.5) is 5.82 Å². The highest BCUT2D eigenvalue weighted by Gasteiger charge is 2.27. The van der Waals surface area contributed by atoms with Crippen LogP contribution < -0.4 is 14.8 Å². The third kappa shape index (κ3) is 3.26. The summed E-state index contributed by atoms with van der Waals surface area (Å²) in [5.41, 5.74) is 1.72. The van der Waals surface area contributed by atoms with E-state index in [2.05, 4.69) is 31.4 Å². The van der Waals surface area contributed by atoms with Gasteiger partial charge in [-0.3, -0.25) is 9.89 Å². The average Bonchev–Trinajstić information content (AvgIpc) is 3.18. The normalized spacial score (nSPS) is 15.6. The molecule has 0 spiro atoms. The Morgan fingerprint density at radius 1 is 1.23 bits per heavy atom. The lowest BCUT2D eigenvalue weighted by atomic mass is 10.1. The molecule has 0 fully saturated rings. The zero-order valence-electron chi connectivity index (χ0n) is 14.4. The number of amides is 1. The molecule has 0 bridgehead atoms. The summed E-state index contributed by atoms with van der Waals surface area (Å²) in [6.45, 7) is 4.08. The molecular weight excluding hydrogens is 398 g/mol. The lowest BCUT2D eigenvalue weighted by Gasteiger charge is -2.12. The molecule has 2 aromatic carbocycles. The molecule has 1 aliphatic heterocycles. The third-order valence-electron chi connectivity index (χ3n) is 4.19. The monoisotopic (exact) mass is 415 g/mol. The third-order valence-corrected chi connectivity index (χ3v) is 4.68. The zero-order chi connectivity index (χ0) is 18.3. The van der Waals surface area contributed by atoms with Crippen molar-refractivity contribution in [1.82, 2.24) is 10.2 Å². The first kappa shape index (κ1) is 16.9. The molecule has 7 heteroatoms. The van der Waals surface area contributed by atoms with Crippen LogP contribution in [0.1, 0.15) is 19.4 Å². The van der Waals surface area contributed by atoms with Crippen molar-refractivity contribution >= 4 is 38.6 Å². The summed E-state index contributed by atoms with van der Waals surface area (Å²) in [5, 5.41) is 10.8. The molecule has 1 amide bonds. The van der Waals surface area contributed by atoms with Crippen molar-refractivity contribution in [3.05, 3.63) is 46.4 Å². The van der Waals surface area contributed by atoms with Gasteiger partial charge in [-0.25, -0.2) is 0 Å². The molecule has 3 aromatic rings. The van der Waals surface area contributed by atoms with Gasteiger partial charge < -0.3 is 14.8 Å². The number of H-pyrrole nitrogens is 1. The van der Waals surface area contributed by atoms with Gasteiger partial charge in [-0.1, -0.05) is 35.8 Å². The van der Waals surface area contributed by atoms with E-state index in [9.17, 15) is 4.79 Å². The van der Waals surface area contributed by atoms with Crippen LogP contribution in [0.15, 0.2) is 40.9 Å². The van der Waals surface area contributed by atoms with Crippen LogP contribution in [-0.2, 0) is 11.2 Å². The van der Waals surface area contributed by atoms with Crippen LogP contribution >= 0.6 is 15.9 Å². The van der Waals surface area contributed by atoms with E-state index in [0.29, 0.717) is 11.6 Å². The van der Waals surface area contributed by atoms with E-state index in [4.69, 9.17) is 9.47 Å². The van der Waals surface area contributed by atoms with Crippen molar-refractivity contribution in [1.29, 1.82) is 0 Å². The van der Waals surface area contributed by atoms with Crippen molar-refractivity contribution in [2.24, 2.45) is 5.92 Å². The van der Waals surface area contributed by atoms with Gasteiger partial charge >= 0.3 is 0 Å². The van der Waals surface area contributed by atoms with Gasteiger partial charge in [0.2, 0.25) is 12.2 Å². The summed E-state index contributed by atoms with van der Waals surface area (Å²) in [7, 11) is 0. The van der Waals surface area contributed by atoms with E-state index >= 15 is 0 Å². The van der Waals surface area contributed by atoms with Gasteiger partial charge in [0.25, 0.3) is 0 Å². The van der Waals surface area contributed by atoms with Crippen LogP contribution in [-0.4, -0.2) is 22.4 Å². The fraction of sp³-hybridized carbons (Fsp3) is 0.263. The first-order chi connectivity index (χ1) is 12.5. The quantitative estimate of drug-likeness (QED) is 0.667. The average molecular weight is 416 g/mol. The zero-order valence-corrected chi connectivity index (χ0v) is 16.0. The molecule has 0 radical (unpaired) electrons. The Morgan fingerprint density at radius 2 is 2.04 bits per heavy atom. The van der Waals surface area contributed by atoms with E-state index in [1.807, 2.05) is 50.2 Å². The summed E-state index contributed by atoms with van der Waals surface area (Å²) in [4.78, 5) is 12.4. The molecule has 1 atom stereocenters. The molecule has 1 aliphatic rings. The lowest BCUT2D eigenvalue weighted by molar-refractivity contribution is -0.115. The predicted molar refractivity (Wildman–Crippen MR) is 102 cm³/mol. The summed E-state index contributed by atoms with van der Waals surface area (Å²) < 4.78 is 12.5. The number of carbonyl (C=O) groups excluding carboxylic acids is 1. The number of rotatable bonds is 4. The maximum atomic E-state index is 12.4. The Labute approximate surface area is 159 Å². The highest BCUT2D eigenvalue weighted by atomic mass is 79.9. The van der Waals surface area contributed by atoms with Gasteiger partial charge in [0, 0.05) is 15.8 Å². The van der Waals surface area contributed by atoms with E-state index in [1.165, 1.54) is 0 Å². The molecule has 0 saturated carbocycles. The van der Waals surface area contributed by atoms with Crippen LogP contribution in [0.5, 0.6) is 11.5 Å². The van der Waals surface area contributed by atoms with Crippen LogP contribution in [0.25, 0.3) is 10.9 Å². The number of hydrogen-bond donors (Lipinski definition) is 2. The second-order valence-electron chi connectivity index (χ2n) is 6.62. The van der Waals surface area contributed by atoms with Crippen LogP contribution in [0.2, 0.25) is 0 Å². The number of nitrogens with zero attached hydrogens (tertiary/aromatic N) is 1. The van der Waals surface area contributed by atoms with Crippen LogP contribution in [0, 0.1) is 5.92 Å². The van der Waals surface area contributed by atoms with E-state index in [-0.39, 0.29) is 24.5 Å². The number of nitrogens with one attached hydrogen (secondary N) is 2. The van der Waals surface area contributed by atoms with Crippen molar-refractivity contribution < 1.29 is 14.3 Å². The van der Waals surface area contributed by atoms with Gasteiger partial charge in [-0.15, -0.1) is 0 Å². The first-order valence-electron chi connectivity index (χ1n) is 8.39. The molecule has 0 aliphatic carbocycles. The summed E-state index contributed by atoms with van der Waals surface area (Å²) in [5.74, 6) is 2.04. The minimum Gasteiger partial charge on any atom is -0.451 e. The second kappa shape index (κ2) is 6.64. The summed E-state index contributed by atoms with van der Waals surface area (Å²) in [6, 6.07) is 11.3. The molecule has 4 rings (SSSR count). The molecule has 2 N–H and O–H groups in total. The van der Waals surface area contributed by atoms with Gasteiger partial charge in [0.05, 0.1) is 11.9 Å². The van der Waals surface area contributed by atoms with Crippen molar-refractivity contribution in [3.8, 4) is 11.5 Å². The molecule has 26 heavy (non-hydrogen) atoms. The maximum Gasteiger partial charge on any atom is 0.243 e. The molecular formula is C19H18BrN3O3. The van der Waals surface area contributed by atoms with Crippen molar-refractivity contribution in [3.63, 3.8) is 0 Å². The smallest absolute Gasteiger partial charge is 0.243 e. The lowest BCUT2D eigenvalue weighted by Crippen LogP contribution is -2.24. The van der Waals surface area contributed by atoms with Crippen molar-refractivity contribution in [2.45, 2.75) is 26.6 Å². The number of halogens is 1. The largest absolute Gasteiger partial charge is 0.451 e. The molecule has 1 unspecified atom stereocenters. The Balaban J connectivity index is 1.46. The summed E-state index contributed by atoms with van der Waals surface area (Å²) >= 11 is 3.42. The molecule has 134 valence electrons. The van der Waals surface area contributed by atoms with Gasteiger partial charge in [0.1, 0.15) is 0 Å². The molecule has 1 aromatic heterocycles. The Hall–Kier alpha value is -2.54. The minimum atomic E-state index is -0.274. The standard InChI is InChI=1S/C19H18BrN3O3/c1-10(2)19-25-15-6-3-11(7-16(15)26-19)8-17(24)21-18-13-5-4-12(20)9-14(13)22-23-18/h3-7,9-10,19H,8H2,1-2H3,(H2,21,22,23,24). The van der Waals surface area contributed by atoms with Gasteiger partial charge in [-0.05, 0) is 35.9 Å². The number of ether oxygens (including phenoxy) is 2. The maximum absolute atomic E-state index is 12.4. The highest BCUT2D eigenvalue weighted by Crippen LogP contribution is 2.37. The number of benzene rings is 2. The Kier molecular flexibility index (Phi) is 4.32. The minimum absolute atomic E-state index is 0.138. The predicted octanol–water partition coefficient (Wildman–Crippen LogP) is 4.26. The number of anilines is 1. The number of carbonyl (C=O) groups is 1. The number of aromatic nitrogens is 2. The van der Waals surface area contributed by atoms with Gasteiger partial charge in [-0.2, -0.15) is 5.10 Å². The van der Waals surface area contributed by atoms with E-state index in [0.717, 1.165) is 26.7 Å². The fourth-order valence-corrected chi connectivity index (χ4v) is 3.21. The highest BCUT2D eigenvalue weighted by molar-refractivity contribution is 9.10. The van der Waals surface area contributed by atoms with Gasteiger partial charge in [0.15, 0.2) is 17.3 Å². The number of fused-ring (bicyclic) bond motifs is 2. The second-order valence-corrected chi connectivity index (χ2v) is 7.53. The first-order valence-corrected chi connectivity index (χ1v) is 9.18. The number of aromatic amines is 1. The fourth-order valence-electron chi connectivity index (χ4n) is 2.85.